The molecule has 0 fully saturated rings. The summed E-state index contributed by atoms with van der Waals surface area (Å²) in [6, 6.07) is 43.4. The van der Waals surface area contributed by atoms with E-state index in [1.54, 1.807) is 0 Å². The Morgan fingerprint density at radius 3 is 1.02 bits per heavy atom. The summed E-state index contributed by atoms with van der Waals surface area (Å²) < 4.78 is 45.2. The lowest BCUT2D eigenvalue weighted by molar-refractivity contribution is -0.00563. The summed E-state index contributed by atoms with van der Waals surface area (Å²) in [5, 5.41) is 8.65. The molecule has 0 heterocycles. The number of benzene rings is 5. The van der Waals surface area contributed by atoms with Gasteiger partial charge in [0.1, 0.15) is 24.7 Å². The van der Waals surface area contributed by atoms with Gasteiger partial charge in [-0.05, 0) is 85.7 Å². The average molecular weight is 821 g/mol. The highest BCUT2D eigenvalue weighted by Gasteiger charge is 2.38. The fourth-order valence-electron chi connectivity index (χ4n) is 6.93. The van der Waals surface area contributed by atoms with Gasteiger partial charge in [-0.3, -0.25) is 0 Å². The highest BCUT2D eigenvalue weighted by Crippen LogP contribution is 2.45. The maximum absolute atomic E-state index is 8.65. The van der Waals surface area contributed by atoms with Crippen molar-refractivity contribution in [3.8, 4) is 11.5 Å². The molecule has 9 nitrogen and oxygen atoms in total. The second-order valence-corrected chi connectivity index (χ2v) is 14.7. The predicted octanol–water partition coefficient (Wildman–Crippen LogP) is 8.48. The molecule has 0 radical (unpaired) electrons. The first-order valence-corrected chi connectivity index (χ1v) is 21.2. The molecule has 9 heteroatoms. The Hall–Kier alpha value is -4.58. The zero-order valence-electron chi connectivity index (χ0n) is 35.8. The molecule has 0 spiro atoms. The molecular weight excluding hydrogens is 757 g/mol. The van der Waals surface area contributed by atoms with Crippen LogP contribution >= 0.6 is 0 Å². The molecule has 60 heavy (non-hydrogen) atoms. The summed E-state index contributed by atoms with van der Waals surface area (Å²) in [4.78, 5) is 0. The summed E-state index contributed by atoms with van der Waals surface area (Å²) in [5.41, 5.74) is 9.27. The molecule has 0 saturated carbocycles. The van der Waals surface area contributed by atoms with Crippen molar-refractivity contribution < 1.29 is 43.0 Å². The Kier molecular flexibility index (Phi) is 20.6. The van der Waals surface area contributed by atoms with E-state index in [-0.39, 0.29) is 6.61 Å². The van der Waals surface area contributed by atoms with E-state index in [2.05, 4.69) is 130 Å². The second-order valence-electron chi connectivity index (χ2n) is 14.7. The molecule has 5 aromatic rings. The molecule has 1 N–H and O–H groups in total. The third-order valence-corrected chi connectivity index (χ3v) is 10.1. The summed E-state index contributed by atoms with van der Waals surface area (Å²) in [7, 11) is 0. The topological polar surface area (TPSA) is 94.1 Å². The van der Waals surface area contributed by atoms with Crippen molar-refractivity contribution in [2.45, 2.75) is 39.0 Å². The van der Waals surface area contributed by atoms with Crippen molar-refractivity contribution in [1.82, 2.24) is 0 Å². The maximum Gasteiger partial charge on any atom is 0.119 e. The standard InChI is InChI=1S/C51H64O9/c1-41-6-14-45(15-7-41)51(46-16-8-42(2)9-17-46,47-18-10-43(3)11-19-47)48-20-24-50(25-21-48)60-40-38-58-36-35-57-37-39-59-49-22-12-44(13-23-49)5-4-27-53-29-31-55-33-34-56-32-30-54-28-26-52/h6-25,52H,4-5,26-40H2,1-3H3. The highest BCUT2D eigenvalue weighted by molar-refractivity contribution is 5.60. The van der Waals surface area contributed by atoms with Crippen molar-refractivity contribution in [3.05, 3.63) is 166 Å². The van der Waals surface area contributed by atoms with E-state index in [1.165, 1.54) is 44.5 Å². The number of aryl methyl sites for hydroxylation is 4. The minimum Gasteiger partial charge on any atom is -0.491 e. The largest absolute Gasteiger partial charge is 0.491 e. The van der Waals surface area contributed by atoms with Crippen LogP contribution < -0.4 is 9.47 Å². The Bertz CT molecular complexity index is 1750. The fourth-order valence-corrected chi connectivity index (χ4v) is 6.93. The average Bonchev–Trinajstić information content (AvgIpc) is 3.27. The van der Waals surface area contributed by atoms with Gasteiger partial charge in [0.15, 0.2) is 0 Å². The molecule has 0 aromatic heterocycles. The van der Waals surface area contributed by atoms with Gasteiger partial charge < -0.3 is 43.0 Å². The molecule has 0 unspecified atom stereocenters. The van der Waals surface area contributed by atoms with E-state index >= 15 is 0 Å². The zero-order valence-corrected chi connectivity index (χ0v) is 35.8. The van der Waals surface area contributed by atoms with Crippen molar-refractivity contribution in [1.29, 1.82) is 0 Å². The lowest BCUT2D eigenvalue weighted by atomic mass is 9.65. The molecule has 0 amide bonds. The van der Waals surface area contributed by atoms with E-state index in [4.69, 9.17) is 43.0 Å². The molecular formula is C51H64O9. The van der Waals surface area contributed by atoms with Crippen molar-refractivity contribution >= 4 is 0 Å². The second kappa shape index (κ2) is 26.6. The van der Waals surface area contributed by atoms with Crippen LogP contribution in [0, 0.1) is 20.8 Å². The summed E-state index contributed by atoms with van der Waals surface area (Å²) >= 11 is 0. The number of rotatable bonds is 30. The molecule has 0 aliphatic heterocycles. The molecule has 322 valence electrons. The summed E-state index contributed by atoms with van der Waals surface area (Å²) in [5.74, 6) is 1.63. The smallest absolute Gasteiger partial charge is 0.119 e. The molecule has 0 aliphatic rings. The van der Waals surface area contributed by atoms with Crippen molar-refractivity contribution in [2.75, 3.05) is 99.1 Å². The van der Waals surface area contributed by atoms with Crippen LogP contribution in [0.2, 0.25) is 0 Å². The normalized spacial score (nSPS) is 11.5. The van der Waals surface area contributed by atoms with Crippen molar-refractivity contribution in [2.24, 2.45) is 0 Å². The van der Waals surface area contributed by atoms with Gasteiger partial charge in [-0.1, -0.05) is 114 Å². The van der Waals surface area contributed by atoms with Crippen LogP contribution in [0.5, 0.6) is 11.5 Å². The first-order chi connectivity index (χ1) is 29.5. The highest BCUT2D eigenvalue weighted by atomic mass is 16.6. The lowest BCUT2D eigenvalue weighted by Crippen LogP contribution is -2.31. The third-order valence-electron chi connectivity index (χ3n) is 10.1. The first-order valence-electron chi connectivity index (χ1n) is 21.2. The maximum atomic E-state index is 8.65. The van der Waals surface area contributed by atoms with E-state index in [1.807, 2.05) is 12.1 Å². The van der Waals surface area contributed by atoms with Gasteiger partial charge in [0.25, 0.3) is 0 Å². The molecule has 5 aromatic carbocycles. The minimum absolute atomic E-state index is 0.0285. The monoisotopic (exact) mass is 820 g/mol. The lowest BCUT2D eigenvalue weighted by Gasteiger charge is -2.37. The van der Waals surface area contributed by atoms with Crippen LogP contribution in [-0.4, -0.2) is 104 Å². The number of hydrogen-bond acceptors (Lipinski definition) is 9. The molecule has 0 saturated heterocycles. The Morgan fingerprint density at radius 1 is 0.350 bits per heavy atom. The predicted molar refractivity (Wildman–Crippen MR) is 237 cm³/mol. The van der Waals surface area contributed by atoms with Gasteiger partial charge in [0.05, 0.1) is 84.7 Å². The van der Waals surface area contributed by atoms with Crippen LogP contribution in [0.3, 0.4) is 0 Å². The van der Waals surface area contributed by atoms with E-state index in [0.717, 1.165) is 24.3 Å². The zero-order chi connectivity index (χ0) is 42.1. The van der Waals surface area contributed by atoms with Crippen LogP contribution in [0.25, 0.3) is 0 Å². The Balaban J connectivity index is 0.944. The Morgan fingerprint density at radius 2 is 0.650 bits per heavy atom. The molecule has 0 bridgehead atoms. The summed E-state index contributed by atoms with van der Waals surface area (Å²) in [6.07, 6.45) is 1.87. The van der Waals surface area contributed by atoms with Gasteiger partial charge in [0, 0.05) is 6.61 Å². The van der Waals surface area contributed by atoms with E-state index in [0.29, 0.717) is 92.5 Å². The van der Waals surface area contributed by atoms with Crippen molar-refractivity contribution in [3.63, 3.8) is 0 Å². The van der Waals surface area contributed by atoms with Crippen LogP contribution in [0.4, 0.5) is 0 Å². The first kappa shape index (κ1) is 46.5. The number of hydrogen-bond donors (Lipinski definition) is 1. The van der Waals surface area contributed by atoms with Gasteiger partial charge in [-0.15, -0.1) is 0 Å². The fraction of sp³-hybridized carbons (Fsp3) is 0.412. The quantitative estimate of drug-likeness (QED) is 0.0362. The SMILES string of the molecule is Cc1ccc(C(c2ccc(C)cc2)(c2ccc(C)cc2)c2ccc(OCCOCCOCCOc3ccc(CCCOCCOCCOCCOCCO)cc3)cc2)cc1. The Labute approximate surface area is 357 Å². The molecule has 0 atom stereocenters. The van der Waals surface area contributed by atoms with Gasteiger partial charge in [-0.25, -0.2) is 0 Å². The number of aliphatic hydroxyl groups excluding tert-OH is 1. The van der Waals surface area contributed by atoms with Crippen LogP contribution in [0.1, 0.15) is 50.9 Å². The third kappa shape index (κ3) is 15.2. The van der Waals surface area contributed by atoms with Gasteiger partial charge >= 0.3 is 0 Å². The molecule has 0 aliphatic carbocycles. The summed E-state index contributed by atoms with van der Waals surface area (Å²) in [6.45, 7) is 13.4. The number of ether oxygens (including phenoxy) is 8. The van der Waals surface area contributed by atoms with Gasteiger partial charge in [0.2, 0.25) is 0 Å². The van der Waals surface area contributed by atoms with E-state index in [9.17, 15) is 0 Å². The number of aliphatic hydroxyl groups is 1. The van der Waals surface area contributed by atoms with Crippen LogP contribution in [0.15, 0.2) is 121 Å². The minimum atomic E-state index is -0.503. The van der Waals surface area contributed by atoms with Gasteiger partial charge in [-0.2, -0.15) is 0 Å². The van der Waals surface area contributed by atoms with E-state index < -0.39 is 5.41 Å². The molecule has 5 rings (SSSR count). The van der Waals surface area contributed by atoms with Crippen LogP contribution in [-0.2, 0) is 40.3 Å².